The predicted octanol–water partition coefficient (Wildman–Crippen LogP) is 5.99. The average Bonchev–Trinajstić information content (AvgIpc) is 2.98. The van der Waals surface area contributed by atoms with Gasteiger partial charge in [0.15, 0.2) is 5.16 Å². The highest BCUT2D eigenvalue weighted by Gasteiger charge is 2.21. The van der Waals surface area contributed by atoms with Gasteiger partial charge in [-0.2, -0.15) is 0 Å². The van der Waals surface area contributed by atoms with Crippen LogP contribution in [0.1, 0.15) is 44.9 Å². The molecule has 0 aliphatic heterocycles. The number of aromatic nitrogens is 3. The number of halogens is 1. The Morgan fingerprint density at radius 1 is 1.09 bits per heavy atom. The lowest BCUT2D eigenvalue weighted by atomic mass is 10.0. The zero-order valence-electron chi connectivity index (χ0n) is 18.6. The molecule has 1 aromatic carbocycles. The van der Waals surface area contributed by atoms with Gasteiger partial charge in [0.05, 0.1) is 11.4 Å². The van der Waals surface area contributed by atoms with Crippen LogP contribution in [-0.4, -0.2) is 38.5 Å². The number of anilines is 1. The number of thioether (sulfide) groups is 1. The monoisotopic (exact) mass is 454 g/mol. The first-order chi connectivity index (χ1) is 15.7. The number of aliphatic hydroxyl groups excluding tert-OH is 1. The van der Waals surface area contributed by atoms with E-state index in [1.807, 2.05) is 18.5 Å². The van der Waals surface area contributed by atoms with Crippen LogP contribution in [0.25, 0.3) is 22.5 Å². The molecule has 0 atom stereocenters. The molecule has 4 rings (SSSR count). The van der Waals surface area contributed by atoms with E-state index in [1.54, 1.807) is 23.9 Å². The summed E-state index contributed by atoms with van der Waals surface area (Å²) in [7, 11) is 0. The van der Waals surface area contributed by atoms with E-state index in [0.717, 1.165) is 33.5 Å². The Labute approximate surface area is 193 Å². The lowest BCUT2D eigenvalue weighted by Gasteiger charge is -2.18. The second kappa shape index (κ2) is 11.0. The third-order valence-corrected chi connectivity index (χ3v) is 6.69. The molecule has 1 aliphatic rings. The lowest BCUT2D eigenvalue weighted by molar-refractivity contribution is 0.278. The number of hydrogen-bond acceptors (Lipinski definition) is 5. The molecule has 0 unspecified atom stereocenters. The van der Waals surface area contributed by atoms with Gasteiger partial charge in [-0.25, -0.2) is 14.4 Å². The van der Waals surface area contributed by atoms with Gasteiger partial charge in [-0.1, -0.05) is 37.4 Å². The molecule has 7 heteroatoms. The number of hydrogen-bond donors (Lipinski definition) is 2. The van der Waals surface area contributed by atoms with Crippen LogP contribution in [0, 0.1) is 5.82 Å². The lowest BCUT2D eigenvalue weighted by Crippen LogP contribution is -2.19. The SMILES string of the molecule is CSc1nc(-c2ccc(F)cc2)c(-c2ccnc(NC3CCCCCC3)c2)n1CCCO. The Balaban J connectivity index is 1.75. The quantitative estimate of drug-likeness (QED) is 0.323. The smallest absolute Gasteiger partial charge is 0.168 e. The molecule has 0 radical (unpaired) electrons. The summed E-state index contributed by atoms with van der Waals surface area (Å²) in [5.74, 6) is 0.610. The van der Waals surface area contributed by atoms with Crippen LogP contribution in [0.2, 0.25) is 0 Å². The number of nitrogens with one attached hydrogen (secondary N) is 1. The summed E-state index contributed by atoms with van der Waals surface area (Å²) < 4.78 is 15.7. The normalized spacial score (nSPS) is 15.0. The van der Waals surface area contributed by atoms with Gasteiger partial charge >= 0.3 is 0 Å². The Morgan fingerprint density at radius 2 is 1.84 bits per heavy atom. The second-order valence-electron chi connectivity index (χ2n) is 8.29. The van der Waals surface area contributed by atoms with Crippen molar-refractivity contribution >= 4 is 17.6 Å². The summed E-state index contributed by atoms with van der Waals surface area (Å²) in [5.41, 5.74) is 3.68. The van der Waals surface area contributed by atoms with E-state index in [4.69, 9.17) is 4.98 Å². The average molecular weight is 455 g/mol. The standard InChI is InChI=1S/C25H31FN4OS/c1-32-25-29-23(18-9-11-20(26)12-10-18)24(30(25)15-6-16-31)19-13-14-27-22(17-19)28-21-7-4-2-3-5-8-21/h9-14,17,21,31H,2-8,15-16H2,1H3,(H,27,28). The van der Waals surface area contributed by atoms with Gasteiger partial charge in [0, 0.05) is 36.5 Å². The zero-order chi connectivity index (χ0) is 22.3. The molecule has 1 saturated carbocycles. The molecule has 0 spiro atoms. The Morgan fingerprint density at radius 3 is 2.53 bits per heavy atom. The summed E-state index contributed by atoms with van der Waals surface area (Å²) in [6.07, 6.45) is 12.0. The maximum Gasteiger partial charge on any atom is 0.168 e. The first-order valence-electron chi connectivity index (χ1n) is 11.4. The third-order valence-electron chi connectivity index (χ3n) is 6.01. The van der Waals surface area contributed by atoms with E-state index in [1.165, 1.54) is 50.7 Å². The first-order valence-corrected chi connectivity index (χ1v) is 12.7. The van der Waals surface area contributed by atoms with Crippen molar-refractivity contribution in [2.24, 2.45) is 0 Å². The van der Waals surface area contributed by atoms with Crippen molar-refractivity contribution in [2.45, 2.75) is 62.7 Å². The van der Waals surface area contributed by atoms with Gasteiger partial charge in [0.25, 0.3) is 0 Å². The minimum Gasteiger partial charge on any atom is -0.396 e. The molecule has 0 amide bonds. The van der Waals surface area contributed by atoms with Gasteiger partial charge in [0.2, 0.25) is 0 Å². The van der Waals surface area contributed by atoms with Crippen LogP contribution < -0.4 is 5.32 Å². The third kappa shape index (κ3) is 5.33. The largest absolute Gasteiger partial charge is 0.396 e. The van der Waals surface area contributed by atoms with Crippen LogP contribution in [0.15, 0.2) is 47.8 Å². The molecular formula is C25H31FN4OS. The highest BCUT2D eigenvalue weighted by Crippen LogP contribution is 2.36. The van der Waals surface area contributed by atoms with E-state index in [0.29, 0.717) is 19.0 Å². The summed E-state index contributed by atoms with van der Waals surface area (Å²) in [6, 6.07) is 11.0. The van der Waals surface area contributed by atoms with E-state index in [-0.39, 0.29) is 12.4 Å². The molecule has 1 fully saturated rings. The van der Waals surface area contributed by atoms with E-state index < -0.39 is 0 Å². The van der Waals surface area contributed by atoms with Crippen molar-refractivity contribution in [3.8, 4) is 22.5 Å². The minimum atomic E-state index is -0.265. The zero-order valence-corrected chi connectivity index (χ0v) is 19.4. The maximum absolute atomic E-state index is 13.6. The first kappa shape index (κ1) is 22.8. The van der Waals surface area contributed by atoms with Crippen molar-refractivity contribution in [3.05, 3.63) is 48.4 Å². The highest BCUT2D eigenvalue weighted by atomic mass is 32.2. The maximum atomic E-state index is 13.6. The van der Waals surface area contributed by atoms with Crippen LogP contribution in [-0.2, 0) is 6.54 Å². The Hall–Kier alpha value is -2.38. The topological polar surface area (TPSA) is 63.0 Å². The van der Waals surface area contributed by atoms with Gasteiger partial charge < -0.3 is 15.0 Å². The minimum absolute atomic E-state index is 0.113. The van der Waals surface area contributed by atoms with Gasteiger partial charge in [-0.15, -0.1) is 0 Å². The molecule has 170 valence electrons. The van der Waals surface area contributed by atoms with Crippen LogP contribution in [0.5, 0.6) is 0 Å². The molecule has 3 aromatic rings. The van der Waals surface area contributed by atoms with Gasteiger partial charge in [-0.05, 0) is 61.9 Å². The highest BCUT2D eigenvalue weighted by molar-refractivity contribution is 7.98. The van der Waals surface area contributed by atoms with Crippen LogP contribution >= 0.6 is 11.8 Å². The molecule has 0 saturated heterocycles. The molecule has 0 bridgehead atoms. The number of pyridine rings is 1. The van der Waals surface area contributed by atoms with Crippen LogP contribution in [0.3, 0.4) is 0 Å². The van der Waals surface area contributed by atoms with Gasteiger partial charge in [-0.3, -0.25) is 0 Å². The molecule has 2 heterocycles. The van der Waals surface area contributed by atoms with Crippen molar-refractivity contribution in [3.63, 3.8) is 0 Å². The molecular weight excluding hydrogens is 423 g/mol. The van der Waals surface area contributed by atoms with Crippen molar-refractivity contribution in [2.75, 3.05) is 18.2 Å². The number of imidazole rings is 1. The fourth-order valence-corrected chi connectivity index (χ4v) is 5.00. The molecule has 32 heavy (non-hydrogen) atoms. The molecule has 5 nitrogen and oxygen atoms in total. The summed E-state index contributed by atoms with van der Waals surface area (Å²) in [6.45, 7) is 0.770. The fourth-order valence-electron chi connectivity index (χ4n) is 4.42. The number of benzene rings is 1. The fraction of sp³-hybridized carbons (Fsp3) is 0.440. The van der Waals surface area contributed by atoms with Crippen molar-refractivity contribution in [1.82, 2.24) is 14.5 Å². The predicted molar refractivity (Wildman–Crippen MR) is 129 cm³/mol. The van der Waals surface area contributed by atoms with E-state index in [2.05, 4.69) is 20.9 Å². The van der Waals surface area contributed by atoms with E-state index >= 15 is 0 Å². The van der Waals surface area contributed by atoms with Crippen molar-refractivity contribution < 1.29 is 9.50 Å². The molecule has 2 aromatic heterocycles. The van der Waals surface area contributed by atoms with Gasteiger partial charge in [0.1, 0.15) is 11.6 Å². The summed E-state index contributed by atoms with van der Waals surface area (Å²) in [4.78, 5) is 9.48. The Bertz CT molecular complexity index is 1010. The molecule has 2 N–H and O–H groups in total. The van der Waals surface area contributed by atoms with E-state index in [9.17, 15) is 9.50 Å². The molecule has 1 aliphatic carbocycles. The Kier molecular flexibility index (Phi) is 7.81. The summed E-state index contributed by atoms with van der Waals surface area (Å²) >= 11 is 1.57. The van der Waals surface area contributed by atoms with Crippen molar-refractivity contribution in [1.29, 1.82) is 0 Å². The van der Waals surface area contributed by atoms with Crippen LogP contribution in [0.4, 0.5) is 10.2 Å². The number of aliphatic hydroxyl groups is 1. The number of rotatable bonds is 8. The summed E-state index contributed by atoms with van der Waals surface area (Å²) in [5, 5.41) is 14.0. The second-order valence-corrected chi connectivity index (χ2v) is 9.07. The number of nitrogens with zero attached hydrogens (tertiary/aromatic N) is 3.